The first-order valence-corrected chi connectivity index (χ1v) is 10.6. The lowest BCUT2D eigenvalue weighted by Crippen LogP contribution is -2.25. The minimum Gasteiger partial charge on any atom is -0.319 e. The Hall–Kier alpha value is -2.84. The van der Waals surface area contributed by atoms with E-state index in [9.17, 15) is 4.79 Å². The van der Waals surface area contributed by atoms with Gasteiger partial charge in [-0.25, -0.2) is 4.98 Å². The molecule has 2 aromatic rings. The van der Waals surface area contributed by atoms with Gasteiger partial charge in [-0.15, -0.1) is 5.92 Å². The molecular formula is C24H28N4O. The van der Waals surface area contributed by atoms with Crippen molar-refractivity contribution in [1.82, 2.24) is 9.88 Å². The van der Waals surface area contributed by atoms with Crippen LogP contribution in [0.3, 0.4) is 0 Å². The number of carbonyl (C=O) groups excluding carboxylic acids is 1. The van der Waals surface area contributed by atoms with E-state index in [1.807, 2.05) is 41.3 Å². The average Bonchev–Trinajstić information content (AvgIpc) is 3.08. The number of likely N-dealkylation sites (tertiary alicyclic amines) is 1. The Bertz CT molecular complexity index is 906. The van der Waals surface area contributed by atoms with Gasteiger partial charge < -0.3 is 15.1 Å². The highest BCUT2D eigenvalue weighted by Gasteiger charge is 2.25. The van der Waals surface area contributed by atoms with Gasteiger partial charge in [-0.05, 0) is 63.2 Å². The van der Waals surface area contributed by atoms with E-state index in [2.05, 4.69) is 27.0 Å². The zero-order valence-electron chi connectivity index (χ0n) is 16.9. The van der Waals surface area contributed by atoms with Crippen molar-refractivity contribution in [2.75, 3.05) is 36.4 Å². The summed E-state index contributed by atoms with van der Waals surface area (Å²) in [6.45, 7) is 4.13. The number of benzene rings is 1. The second-order valence-electron chi connectivity index (χ2n) is 7.64. The Balaban J connectivity index is 1.43. The summed E-state index contributed by atoms with van der Waals surface area (Å²) in [5, 5.41) is 2.96. The number of carbonyl (C=O) groups is 1. The number of hydrogen-bond donors (Lipinski definition) is 1. The Labute approximate surface area is 173 Å². The lowest BCUT2D eigenvalue weighted by atomic mass is 10.1. The summed E-state index contributed by atoms with van der Waals surface area (Å²) in [6.07, 6.45) is 9.18. The minimum atomic E-state index is -0.109. The second kappa shape index (κ2) is 9.58. The van der Waals surface area contributed by atoms with Gasteiger partial charge in [0, 0.05) is 12.6 Å². The highest BCUT2D eigenvalue weighted by molar-refractivity contribution is 6.12. The van der Waals surface area contributed by atoms with E-state index in [1.165, 1.54) is 38.8 Å². The van der Waals surface area contributed by atoms with Gasteiger partial charge in [0.25, 0.3) is 5.91 Å². The molecule has 1 saturated heterocycles. The molecule has 1 amide bonds. The third-order valence-electron chi connectivity index (χ3n) is 5.57. The predicted octanol–water partition coefficient (Wildman–Crippen LogP) is 4.45. The lowest BCUT2D eigenvalue weighted by molar-refractivity contribution is 0.102. The lowest BCUT2D eigenvalue weighted by Gasteiger charge is -2.22. The van der Waals surface area contributed by atoms with Crippen molar-refractivity contribution in [1.29, 1.82) is 0 Å². The van der Waals surface area contributed by atoms with E-state index < -0.39 is 0 Å². The summed E-state index contributed by atoms with van der Waals surface area (Å²) in [5.74, 6) is 7.27. The number of para-hydroxylation sites is 1. The second-order valence-corrected chi connectivity index (χ2v) is 7.64. The number of nitrogens with one attached hydrogen (secondary N) is 1. The van der Waals surface area contributed by atoms with E-state index in [0.717, 1.165) is 36.6 Å². The molecule has 0 radical (unpaired) electrons. The van der Waals surface area contributed by atoms with E-state index in [0.29, 0.717) is 12.1 Å². The Morgan fingerprint density at radius 1 is 1.00 bits per heavy atom. The van der Waals surface area contributed by atoms with Gasteiger partial charge in [-0.3, -0.25) is 4.79 Å². The maximum absolute atomic E-state index is 12.6. The Kier molecular flexibility index (Phi) is 6.43. The molecule has 3 heterocycles. The molecule has 2 aliphatic rings. The van der Waals surface area contributed by atoms with Crippen molar-refractivity contribution in [3.05, 3.63) is 48.2 Å². The van der Waals surface area contributed by atoms with Crippen LogP contribution in [0, 0.1) is 11.8 Å². The van der Waals surface area contributed by atoms with E-state index in [4.69, 9.17) is 0 Å². The number of fused-ring (bicyclic) bond motifs is 2. The first kappa shape index (κ1) is 19.5. The van der Waals surface area contributed by atoms with Crippen molar-refractivity contribution < 1.29 is 4.79 Å². The summed E-state index contributed by atoms with van der Waals surface area (Å²) in [6, 6.07) is 11.4. The van der Waals surface area contributed by atoms with Crippen molar-refractivity contribution in [3.8, 4) is 11.8 Å². The van der Waals surface area contributed by atoms with Crippen LogP contribution in [0.5, 0.6) is 0 Å². The molecule has 1 aromatic heterocycles. The van der Waals surface area contributed by atoms with Gasteiger partial charge in [0.2, 0.25) is 0 Å². The average molecular weight is 389 g/mol. The molecule has 1 aromatic carbocycles. The Morgan fingerprint density at radius 2 is 1.83 bits per heavy atom. The SMILES string of the molecule is O=C1Nc2cccnc2N(CC#CCCCN2CCCCCC2)c2ccccc21. The van der Waals surface area contributed by atoms with Crippen LogP contribution in [0.4, 0.5) is 17.2 Å². The fraction of sp³-hybridized carbons (Fsp3) is 0.417. The van der Waals surface area contributed by atoms with Crippen LogP contribution in [0.25, 0.3) is 0 Å². The van der Waals surface area contributed by atoms with E-state index in [-0.39, 0.29) is 5.91 Å². The van der Waals surface area contributed by atoms with Crippen molar-refractivity contribution in [2.45, 2.75) is 38.5 Å². The monoisotopic (exact) mass is 388 g/mol. The fourth-order valence-corrected chi connectivity index (χ4v) is 4.05. The summed E-state index contributed by atoms with van der Waals surface area (Å²) in [5.41, 5.74) is 2.21. The number of hydrogen-bond acceptors (Lipinski definition) is 4. The number of nitrogens with zero attached hydrogens (tertiary/aromatic N) is 3. The number of rotatable bonds is 4. The van der Waals surface area contributed by atoms with Crippen LogP contribution in [-0.4, -0.2) is 42.0 Å². The standard InChI is InChI=1S/C24H28N4O/c29-24-20-12-5-6-14-22(20)28(23-21(26-24)13-11-15-25-23)19-10-4-3-9-18-27-16-7-1-2-8-17-27/h5-6,11-15H,1-3,7-9,16-19H2,(H,26,29). The number of aromatic nitrogens is 1. The maximum atomic E-state index is 12.6. The quantitative estimate of drug-likeness (QED) is 0.621. The predicted molar refractivity (Wildman–Crippen MR) is 118 cm³/mol. The van der Waals surface area contributed by atoms with Crippen LogP contribution in [0.1, 0.15) is 48.9 Å². The largest absolute Gasteiger partial charge is 0.319 e. The minimum absolute atomic E-state index is 0.109. The molecule has 0 saturated carbocycles. The smallest absolute Gasteiger partial charge is 0.257 e. The molecule has 0 aliphatic carbocycles. The molecule has 0 unspecified atom stereocenters. The molecule has 0 bridgehead atoms. The third-order valence-corrected chi connectivity index (χ3v) is 5.57. The number of anilines is 3. The van der Waals surface area contributed by atoms with Crippen LogP contribution < -0.4 is 10.2 Å². The number of unbranched alkanes of at least 4 members (excludes halogenated alkanes) is 1. The maximum Gasteiger partial charge on any atom is 0.257 e. The molecule has 29 heavy (non-hydrogen) atoms. The third kappa shape index (κ3) is 4.78. The summed E-state index contributed by atoms with van der Waals surface area (Å²) in [7, 11) is 0. The molecule has 150 valence electrons. The van der Waals surface area contributed by atoms with Crippen molar-refractivity contribution in [3.63, 3.8) is 0 Å². The van der Waals surface area contributed by atoms with E-state index in [1.54, 1.807) is 6.20 Å². The zero-order chi connectivity index (χ0) is 19.9. The fourth-order valence-electron chi connectivity index (χ4n) is 4.05. The van der Waals surface area contributed by atoms with Gasteiger partial charge in [0.15, 0.2) is 5.82 Å². The van der Waals surface area contributed by atoms with Gasteiger partial charge in [0.1, 0.15) is 0 Å². The first-order chi connectivity index (χ1) is 14.3. The van der Waals surface area contributed by atoms with Crippen LogP contribution in [0.15, 0.2) is 42.6 Å². The molecule has 0 atom stereocenters. The van der Waals surface area contributed by atoms with Gasteiger partial charge in [-0.2, -0.15) is 0 Å². The van der Waals surface area contributed by atoms with Crippen LogP contribution in [0.2, 0.25) is 0 Å². The summed E-state index contributed by atoms with van der Waals surface area (Å²) in [4.78, 5) is 21.7. The van der Waals surface area contributed by atoms with Crippen LogP contribution >= 0.6 is 0 Å². The summed E-state index contributed by atoms with van der Waals surface area (Å²) >= 11 is 0. The zero-order valence-corrected chi connectivity index (χ0v) is 16.9. The van der Waals surface area contributed by atoms with Gasteiger partial charge in [0.05, 0.1) is 23.5 Å². The van der Waals surface area contributed by atoms with Crippen LogP contribution in [-0.2, 0) is 0 Å². The Morgan fingerprint density at radius 3 is 2.69 bits per heavy atom. The first-order valence-electron chi connectivity index (χ1n) is 10.6. The molecule has 2 aliphatic heterocycles. The van der Waals surface area contributed by atoms with Crippen molar-refractivity contribution >= 4 is 23.1 Å². The topological polar surface area (TPSA) is 48.5 Å². The molecule has 0 spiro atoms. The van der Waals surface area contributed by atoms with Crippen molar-refractivity contribution in [2.24, 2.45) is 0 Å². The van der Waals surface area contributed by atoms with Gasteiger partial charge in [-0.1, -0.05) is 30.9 Å². The molecule has 1 N–H and O–H groups in total. The van der Waals surface area contributed by atoms with E-state index >= 15 is 0 Å². The van der Waals surface area contributed by atoms with Gasteiger partial charge >= 0.3 is 0 Å². The number of amides is 1. The highest BCUT2D eigenvalue weighted by Crippen LogP contribution is 2.35. The molecule has 4 rings (SSSR count). The number of pyridine rings is 1. The molecule has 5 heteroatoms. The molecular weight excluding hydrogens is 360 g/mol. The highest BCUT2D eigenvalue weighted by atomic mass is 16.1. The normalized spacial score (nSPS) is 16.6. The molecule has 5 nitrogen and oxygen atoms in total. The summed E-state index contributed by atoms with van der Waals surface area (Å²) < 4.78 is 0. The molecule has 1 fully saturated rings.